The Kier molecular flexibility index (Phi) is 6.00. The van der Waals surface area contributed by atoms with Gasteiger partial charge >= 0.3 is 0 Å². The Bertz CT molecular complexity index is 1400. The summed E-state index contributed by atoms with van der Waals surface area (Å²) in [5, 5.41) is 0.188. The molecule has 0 spiro atoms. The zero-order chi connectivity index (χ0) is 23.8. The summed E-state index contributed by atoms with van der Waals surface area (Å²) in [6.45, 7) is 0.940. The lowest BCUT2D eigenvalue weighted by molar-refractivity contribution is 0.100. The third-order valence-electron chi connectivity index (χ3n) is 6.85. The van der Waals surface area contributed by atoms with Gasteiger partial charge in [0.05, 0.1) is 11.0 Å². The first-order chi connectivity index (χ1) is 16.4. The Morgan fingerprint density at radius 3 is 2.47 bits per heavy atom. The summed E-state index contributed by atoms with van der Waals surface area (Å²) in [7, 11) is 1.70. The normalized spacial score (nSPS) is 14.5. The molecule has 5 rings (SSSR count). The van der Waals surface area contributed by atoms with E-state index in [0.717, 1.165) is 39.8 Å². The fraction of sp³-hybridized carbons (Fsp3) is 0.296. The van der Waals surface area contributed by atoms with Crippen LogP contribution in [0.1, 0.15) is 42.5 Å². The van der Waals surface area contributed by atoms with Gasteiger partial charge in [-0.05, 0) is 48.6 Å². The molecule has 1 fully saturated rings. The number of fused-ring (bicyclic) bond motifs is 1. The number of aromatic nitrogens is 3. The van der Waals surface area contributed by atoms with Gasteiger partial charge in [-0.1, -0.05) is 43.0 Å². The van der Waals surface area contributed by atoms with Crippen LogP contribution in [0.4, 0.5) is 0 Å². The molecule has 34 heavy (non-hydrogen) atoms. The Labute approximate surface area is 203 Å². The van der Waals surface area contributed by atoms with Crippen LogP contribution in [0.15, 0.2) is 59.8 Å². The Balaban J connectivity index is 1.63. The van der Waals surface area contributed by atoms with Crippen molar-refractivity contribution in [3.63, 3.8) is 0 Å². The predicted octanol–water partition coefficient (Wildman–Crippen LogP) is 5.40. The first-order valence-corrected chi connectivity index (χ1v) is 12.0. The molecule has 4 aromatic rings. The molecule has 1 aromatic carbocycles. The van der Waals surface area contributed by atoms with Crippen molar-refractivity contribution in [2.24, 2.45) is 18.7 Å². The monoisotopic (exact) mass is 474 g/mol. The van der Waals surface area contributed by atoms with Gasteiger partial charge in [0.2, 0.25) is 5.91 Å². The molecule has 174 valence electrons. The molecule has 1 aliphatic carbocycles. The zero-order valence-corrected chi connectivity index (χ0v) is 19.9. The zero-order valence-electron chi connectivity index (χ0n) is 19.1. The lowest BCUT2D eigenvalue weighted by Gasteiger charge is -2.22. The fourth-order valence-electron chi connectivity index (χ4n) is 4.98. The van der Waals surface area contributed by atoms with Crippen molar-refractivity contribution >= 4 is 28.5 Å². The second-order valence-electron chi connectivity index (χ2n) is 9.23. The van der Waals surface area contributed by atoms with Crippen LogP contribution in [0.25, 0.3) is 33.3 Å². The maximum Gasteiger partial charge on any atom is 0.269 e. The summed E-state index contributed by atoms with van der Waals surface area (Å²) in [6, 6.07) is 11.2. The molecule has 2 N–H and O–H groups in total. The van der Waals surface area contributed by atoms with Crippen LogP contribution in [-0.4, -0.2) is 20.0 Å². The van der Waals surface area contributed by atoms with Crippen molar-refractivity contribution in [3.8, 4) is 22.3 Å². The number of carbonyl (C=O) groups is 1. The number of nitrogens with two attached hydrogens (primary N) is 1. The minimum Gasteiger partial charge on any atom is -0.366 e. The highest BCUT2D eigenvalue weighted by Gasteiger charge is 2.19. The minimum atomic E-state index is -0.440. The van der Waals surface area contributed by atoms with Crippen molar-refractivity contribution in [2.75, 3.05) is 0 Å². The molecule has 1 aliphatic rings. The van der Waals surface area contributed by atoms with Crippen molar-refractivity contribution in [1.82, 2.24) is 14.1 Å². The summed E-state index contributed by atoms with van der Waals surface area (Å²) < 4.78 is 3.80. The number of amides is 1. The molecule has 0 atom stereocenters. The van der Waals surface area contributed by atoms with E-state index in [2.05, 4.69) is 16.8 Å². The highest BCUT2D eigenvalue weighted by molar-refractivity contribution is 6.30. The summed E-state index contributed by atoms with van der Waals surface area (Å²) in [6.07, 6.45) is 12.1. The fourth-order valence-corrected chi connectivity index (χ4v) is 5.23. The van der Waals surface area contributed by atoms with E-state index in [1.54, 1.807) is 31.4 Å². The molecular formula is C27H27ClN4O2. The number of aryl methyl sites for hydroxylation is 1. The molecule has 0 radical (unpaired) electrons. The van der Waals surface area contributed by atoms with Crippen LogP contribution in [-0.2, 0) is 13.6 Å². The summed E-state index contributed by atoms with van der Waals surface area (Å²) in [4.78, 5) is 28.4. The van der Waals surface area contributed by atoms with Crippen molar-refractivity contribution in [2.45, 2.75) is 38.6 Å². The first kappa shape index (κ1) is 22.4. The Hall–Kier alpha value is -3.38. The van der Waals surface area contributed by atoms with Crippen LogP contribution in [0.2, 0.25) is 5.02 Å². The molecule has 0 saturated heterocycles. The van der Waals surface area contributed by atoms with Gasteiger partial charge in [0.25, 0.3) is 5.56 Å². The van der Waals surface area contributed by atoms with E-state index in [-0.39, 0.29) is 10.6 Å². The summed E-state index contributed by atoms with van der Waals surface area (Å²) in [5.41, 5.74) is 11.4. The van der Waals surface area contributed by atoms with Crippen molar-refractivity contribution in [1.29, 1.82) is 0 Å². The number of nitrogens with zero attached hydrogens (tertiary/aromatic N) is 3. The second kappa shape index (κ2) is 9.11. The quantitative estimate of drug-likeness (QED) is 0.420. The number of rotatable bonds is 5. The van der Waals surface area contributed by atoms with Gasteiger partial charge in [0.15, 0.2) is 0 Å². The molecule has 3 heterocycles. The van der Waals surface area contributed by atoms with Crippen LogP contribution in [0.3, 0.4) is 0 Å². The third-order valence-corrected chi connectivity index (χ3v) is 7.12. The highest BCUT2D eigenvalue weighted by Crippen LogP contribution is 2.34. The number of pyridine rings is 2. The Morgan fingerprint density at radius 1 is 1.06 bits per heavy atom. The standard InChI is InChI=1S/C27H27ClN4O2/c1-31-15-21(11-23(28)27(31)34)20-12-24-25(30-13-20)22(18-7-9-19(10-8-18)26(29)33)16-32(24)14-17-5-3-2-4-6-17/h7-13,15-17H,2-6,14H2,1H3,(H2,29,33). The van der Waals surface area contributed by atoms with Gasteiger partial charge in [-0.15, -0.1) is 0 Å². The maximum absolute atomic E-state index is 12.0. The molecule has 0 bridgehead atoms. The molecule has 1 saturated carbocycles. The average molecular weight is 475 g/mol. The van der Waals surface area contributed by atoms with Gasteiger partial charge in [-0.2, -0.15) is 0 Å². The average Bonchev–Trinajstić information content (AvgIpc) is 3.20. The van der Waals surface area contributed by atoms with Gasteiger partial charge in [-0.3, -0.25) is 14.6 Å². The highest BCUT2D eigenvalue weighted by atomic mass is 35.5. The van der Waals surface area contributed by atoms with E-state index in [9.17, 15) is 9.59 Å². The topological polar surface area (TPSA) is 82.9 Å². The van der Waals surface area contributed by atoms with Gasteiger partial charge in [-0.25, -0.2) is 0 Å². The SMILES string of the molecule is Cn1cc(-c2cnc3c(-c4ccc(C(N)=O)cc4)cn(CC4CCCCC4)c3c2)cc(Cl)c1=O. The first-order valence-electron chi connectivity index (χ1n) is 11.7. The molecule has 0 unspecified atom stereocenters. The number of carbonyl (C=O) groups excluding carboxylic acids is 1. The molecule has 3 aromatic heterocycles. The van der Waals surface area contributed by atoms with Crippen molar-refractivity contribution < 1.29 is 4.79 Å². The lowest BCUT2D eigenvalue weighted by atomic mass is 9.89. The van der Waals surface area contributed by atoms with E-state index in [0.29, 0.717) is 11.5 Å². The van der Waals surface area contributed by atoms with Gasteiger partial charge in [0, 0.05) is 54.4 Å². The Morgan fingerprint density at radius 2 is 1.79 bits per heavy atom. The van der Waals surface area contributed by atoms with Crippen LogP contribution < -0.4 is 11.3 Å². The predicted molar refractivity (Wildman–Crippen MR) is 136 cm³/mol. The minimum absolute atomic E-state index is 0.188. The van der Waals surface area contributed by atoms with Crippen molar-refractivity contribution in [3.05, 3.63) is 75.9 Å². The number of primary amides is 1. The summed E-state index contributed by atoms with van der Waals surface area (Å²) >= 11 is 6.17. The van der Waals surface area contributed by atoms with E-state index in [4.69, 9.17) is 22.3 Å². The third kappa shape index (κ3) is 4.26. The molecule has 6 nitrogen and oxygen atoms in total. The van der Waals surface area contributed by atoms with Crippen LogP contribution >= 0.6 is 11.6 Å². The maximum atomic E-state index is 12.0. The van der Waals surface area contributed by atoms with Gasteiger partial charge < -0.3 is 14.9 Å². The smallest absolute Gasteiger partial charge is 0.269 e. The van der Waals surface area contributed by atoms with E-state index in [1.165, 1.54) is 36.7 Å². The molecule has 1 amide bonds. The molecular weight excluding hydrogens is 448 g/mol. The van der Waals surface area contributed by atoms with Gasteiger partial charge in [0.1, 0.15) is 5.02 Å². The van der Waals surface area contributed by atoms with E-state index < -0.39 is 5.91 Å². The number of halogens is 1. The largest absolute Gasteiger partial charge is 0.366 e. The second-order valence-corrected chi connectivity index (χ2v) is 9.63. The molecule has 7 heteroatoms. The van der Waals surface area contributed by atoms with E-state index in [1.807, 2.05) is 18.3 Å². The summed E-state index contributed by atoms with van der Waals surface area (Å²) in [5.74, 6) is 0.204. The van der Waals surface area contributed by atoms with E-state index >= 15 is 0 Å². The number of benzene rings is 1. The number of hydrogen-bond donors (Lipinski definition) is 1. The number of hydrogen-bond acceptors (Lipinski definition) is 3. The van der Waals surface area contributed by atoms with Crippen LogP contribution in [0, 0.1) is 5.92 Å². The lowest BCUT2D eigenvalue weighted by Crippen LogP contribution is -2.16. The van der Waals surface area contributed by atoms with Crippen LogP contribution in [0.5, 0.6) is 0 Å². The molecule has 0 aliphatic heterocycles.